The fourth-order valence-corrected chi connectivity index (χ4v) is 4.33. The van der Waals surface area contributed by atoms with Crippen molar-refractivity contribution in [3.05, 3.63) is 96.1 Å². The number of hydrogen-bond acceptors (Lipinski definition) is 4. The molecular weight excluding hydrogens is 397 g/mol. The number of nitrogens with zero attached hydrogens (tertiary/aromatic N) is 1. The Morgan fingerprint density at radius 3 is 2.13 bits per heavy atom. The molecule has 3 aromatic carbocycles. The van der Waals surface area contributed by atoms with Crippen LogP contribution < -0.4 is 9.26 Å². The summed E-state index contributed by atoms with van der Waals surface area (Å²) in [6.07, 6.45) is 0.414. The van der Waals surface area contributed by atoms with Crippen LogP contribution in [0, 0.1) is 6.92 Å². The first-order valence-corrected chi connectivity index (χ1v) is 11.4. The zero-order valence-corrected chi connectivity index (χ0v) is 18.5. The molecule has 5 nitrogen and oxygen atoms in total. The number of ether oxygens (including phenoxy) is 1. The normalized spacial score (nSPS) is 14.1. The summed E-state index contributed by atoms with van der Waals surface area (Å²) in [5.41, 5.74) is 2.13. The highest BCUT2D eigenvalue weighted by atomic mass is 31.2. The Hall–Kier alpha value is -2.59. The molecular formula is C24H28NO4P. The van der Waals surface area contributed by atoms with Crippen LogP contribution in [-0.4, -0.2) is 25.4 Å². The van der Waals surface area contributed by atoms with Gasteiger partial charge in [0, 0.05) is 20.1 Å². The Morgan fingerprint density at radius 1 is 0.900 bits per heavy atom. The van der Waals surface area contributed by atoms with Gasteiger partial charge in [0.05, 0.1) is 0 Å². The predicted octanol–water partition coefficient (Wildman–Crippen LogP) is 6.27. The van der Waals surface area contributed by atoms with E-state index in [4.69, 9.17) is 13.8 Å². The van der Waals surface area contributed by atoms with Crippen molar-refractivity contribution in [2.45, 2.75) is 19.4 Å². The van der Waals surface area contributed by atoms with Gasteiger partial charge in [0.2, 0.25) is 0 Å². The summed E-state index contributed by atoms with van der Waals surface area (Å²) in [6, 6.07) is 27.0. The lowest BCUT2D eigenvalue weighted by Gasteiger charge is -2.28. The monoisotopic (exact) mass is 425 g/mol. The SMILES string of the molecule is COP(=O)(Oc1ccccc1)N(C)CCC(Oc1ccccc1C)c1ccccc1. The average Bonchev–Trinajstić information content (AvgIpc) is 2.78. The second-order valence-corrected chi connectivity index (χ2v) is 9.18. The summed E-state index contributed by atoms with van der Waals surface area (Å²) in [6.45, 7) is 2.49. The molecule has 0 saturated carbocycles. The molecule has 2 unspecified atom stereocenters. The van der Waals surface area contributed by atoms with Gasteiger partial charge in [-0.3, -0.25) is 4.52 Å². The molecule has 0 fully saturated rings. The van der Waals surface area contributed by atoms with Crippen LogP contribution in [0.3, 0.4) is 0 Å². The van der Waals surface area contributed by atoms with Crippen LogP contribution in [0.25, 0.3) is 0 Å². The Kier molecular flexibility index (Phi) is 7.69. The molecule has 158 valence electrons. The van der Waals surface area contributed by atoms with Crippen LogP contribution in [0.5, 0.6) is 11.5 Å². The summed E-state index contributed by atoms with van der Waals surface area (Å²) in [4.78, 5) is 0. The molecule has 0 spiro atoms. The third-order valence-corrected chi connectivity index (χ3v) is 6.80. The van der Waals surface area contributed by atoms with Crippen LogP contribution in [0.15, 0.2) is 84.9 Å². The summed E-state index contributed by atoms with van der Waals surface area (Å²) in [5, 5.41) is 0. The molecule has 0 aliphatic heterocycles. The highest BCUT2D eigenvalue weighted by Gasteiger charge is 2.32. The number of aryl methyl sites for hydroxylation is 1. The average molecular weight is 425 g/mol. The fraction of sp³-hybridized carbons (Fsp3) is 0.250. The van der Waals surface area contributed by atoms with E-state index in [9.17, 15) is 4.57 Å². The molecule has 0 aliphatic carbocycles. The van der Waals surface area contributed by atoms with Gasteiger partial charge in [0.15, 0.2) is 0 Å². The van der Waals surface area contributed by atoms with Crippen LogP contribution in [0.1, 0.15) is 23.7 Å². The largest absolute Gasteiger partial charge is 0.485 e. The first-order valence-electron chi connectivity index (χ1n) is 9.91. The quantitative estimate of drug-likeness (QED) is 0.358. The highest BCUT2D eigenvalue weighted by Crippen LogP contribution is 2.50. The van der Waals surface area contributed by atoms with Crippen molar-refractivity contribution in [3.63, 3.8) is 0 Å². The minimum absolute atomic E-state index is 0.197. The topological polar surface area (TPSA) is 48.0 Å². The van der Waals surface area contributed by atoms with Gasteiger partial charge < -0.3 is 9.26 Å². The highest BCUT2D eigenvalue weighted by molar-refractivity contribution is 7.51. The predicted molar refractivity (Wildman–Crippen MR) is 120 cm³/mol. The van der Waals surface area contributed by atoms with Crippen molar-refractivity contribution in [1.82, 2.24) is 4.67 Å². The number of benzene rings is 3. The zero-order chi connectivity index (χ0) is 21.4. The second-order valence-electron chi connectivity index (χ2n) is 7.01. The molecule has 0 aromatic heterocycles. The first-order chi connectivity index (χ1) is 14.5. The minimum atomic E-state index is -3.48. The van der Waals surface area contributed by atoms with Crippen molar-refractivity contribution in [2.24, 2.45) is 0 Å². The lowest BCUT2D eigenvalue weighted by molar-refractivity contribution is 0.177. The lowest BCUT2D eigenvalue weighted by atomic mass is 10.1. The summed E-state index contributed by atoms with van der Waals surface area (Å²) in [7, 11) is -0.335. The third-order valence-electron chi connectivity index (χ3n) is 4.86. The summed E-state index contributed by atoms with van der Waals surface area (Å²) >= 11 is 0. The number of rotatable bonds is 10. The van der Waals surface area contributed by atoms with Crippen molar-refractivity contribution in [2.75, 3.05) is 20.7 Å². The van der Waals surface area contributed by atoms with Crippen molar-refractivity contribution < 1.29 is 18.3 Å². The Labute approximate surface area is 178 Å². The van der Waals surface area contributed by atoms with Crippen LogP contribution in [0.4, 0.5) is 0 Å². The molecule has 6 heteroatoms. The van der Waals surface area contributed by atoms with E-state index in [1.807, 2.05) is 79.7 Å². The lowest BCUT2D eigenvalue weighted by Crippen LogP contribution is -2.23. The molecule has 0 amide bonds. The Balaban J connectivity index is 1.74. The number of para-hydroxylation sites is 2. The van der Waals surface area contributed by atoms with Gasteiger partial charge in [0.25, 0.3) is 0 Å². The molecule has 0 aliphatic rings. The van der Waals surface area contributed by atoms with E-state index in [0.717, 1.165) is 16.9 Å². The first kappa shape index (κ1) is 22.1. The van der Waals surface area contributed by atoms with E-state index in [-0.39, 0.29) is 6.10 Å². The van der Waals surface area contributed by atoms with E-state index in [0.29, 0.717) is 18.7 Å². The molecule has 30 heavy (non-hydrogen) atoms. The molecule has 0 bridgehead atoms. The van der Waals surface area contributed by atoms with Crippen molar-refractivity contribution in [3.8, 4) is 11.5 Å². The van der Waals surface area contributed by atoms with Crippen LogP contribution in [-0.2, 0) is 9.09 Å². The molecule has 2 atom stereocenters. The third kappa shape index (κ3) is 5.73. The van der Waals surface area contributed by atoms with Crippen molar-refractivity contribution >= 4 is 7.75 Å². The Morgan fingerprint density at radius 2 is 1.50 bits per heavy atom. The minimum Gasteiger partial charge on any atom is -0.485 e. The molecule has 0 radical (unpaired) electrons. The number of hydrogen-bond donors (Lipinski definition) is 0. The van der Waals surface area contributed by atoms with Crippen molar-refractivity contribution in [1.29, 1.82) is 0 Å². The van der Waals surface area contributed by atoms with E-state index >= 15 is 0 Å². The van der Waals surface area contributed by atoms with Gasteiger partial charge >= 0.3 is 7.75 Å². The van der Waals surface area contributed by atoms with Gasteiger partial charge in [-0.25, -0.2) is 9.24 Å². The standard InChI is InChI=1S/C24H28NO4P/c1-20-12-10-11-17-23(20)28-24(21-13-6-4-7-14-21)18-19-25(2)30(26,27-3)29-22-15-8-5-9-16-22/h4-17,24H,18-19H2,1-3H3. The van der Waals surface area contributed by atoms with Gasteiger partial charge in [0.1, 0.15) is 17.6 Å². The Bertz CT molecular complexity index is 965. The molecule has 3 aromatic rings. The fourth-order valence-electron chi connectivity index (χ4n) is 3.09. The molecule has 0 saturated heterocycles. The zero-order valence-electron chi connectivity index (χ0n) is 17.6. The smallest absolute Gasteiger partial charge is 0.460 e. The second kappa shape index (κ2) is 10.4. The van der Waals surface area contributed by atoms with Crippen LogP contribution >= 0.6 is 7.75 Å². The van der Waals surface area contributed by atoms with E-state index in [2.05, 4.69) is 0 Å². The summed E-state index contributed by atoms with van der Waals surface area (Å²) < 4.78 is 32.2. The summed E-state index contributed by atoms with van der Waals surface area (Å²) in [5.74, 6) is 1.34. The van der Waals surface area contributed by atoms with E-state index in [1.165, 1.54) is 7.11 Å². The van der Waals surface area contributed by atoms with Gasteiger partial charge in [-0.05, 0) is 43.3 Å². The maximum Gasteiger partial charge on any atom is 0.460 e. The van der Waals surface area contributed by atoms with Crippen LogP contribution in [0.2, 0.25) is 0 Å². The van der Waals surface area contributed by atoms with E-state index < -0.39 is 7.75 Å². The maximum absolute atomic E-state index is 13.3. The molecule has 0 heterocycles. The maximum atomic E-state index is 13.3. The van der Waals surface area contributed by atoms with E-state index in [1.54, 1.807) is 23.9 Å². The molecule has 0 N–H and O–H groups in total. The van der Waals surface area contributed by atoms with Gasteiger partial charge in [-0.1, -0.05) is 66.7 Å². The van der Waals surface area contributed by atoms with Gasteiger partial charge in [-0.2, -0.15) is 0 Å². The molecule has 3 rings (SSSR count). The van der Waals surface area contributed by atoms with Gasteiger partial charge in [-0.15, -0.1) is 0 Å².